The van der Waals surface area contributed by atoms with Crippen LogP contribution in [0, 0.1) is 0 Å². The molecule has 4 rings (SSSR count). The molecule has 0 atom stereocenters. The lowest BCUT2D eigenvalue weighted by molar-refractivity contribution is -0.131. The van der Waals surface area contributed by atoms with Crippen LogP contribution in [0.1, 0.15) is 6.42 Å². The van der Waals surface area contributed by atoms with E-state index >= 15 is 0 Å². The molecule has 1 aromatic heterocycles. The molecule has 1 aliphatic rings. The highest BCUT2D eigenvalue weighted by Crippen LogP contribution is 2.23. The molecule has 0 spiro atoms. The predicted octanol–water partition coefficient (Wildman–Crippen LogP) is 2.60. The van der Waals surface area contributed by atoms with Crippen LogP contribution >= 0.6 is 11.3 Å². The van der Waals surface area contributed by atoms with Gasteiger partial charge in [-0.25, -0.2) is 16.8 Å². The maximum atomic E-state index is 12.7. The van der Waals surface area contributed by atoms with E-state index in [0.29, 0.717) is 0 Å². The molecule has 2 aromatic carbocycles. The van der Waals surface area contributed by atoms with Crippen LogP contribution in [-0.2, 0) is 24.7 Å². The zero-order valence-electron chi connectivity index (χ0n) is 16.7. The van der Waals surface area contributed by atoms with Crippen molar-refractivity contribution in [2.24, 2.45) is 0 Å². The van der Waals surface area contributed by atoms with E-state index in [4.69, 9.17) is 0 Å². The average molecular weight is 479 g/mol. The number of rotatable bonds is 6. The molecule has 3 aromatic rings. The monoisotopic (exact) mass is 478 g/mol. The number of sulfonamides is 1. The third-order valence-corrected chi connectivity index (χ3v) is 10.3. The van der Waals surface area contributed by atoms with E-state index in [0.717, 1.165) is 22.1 Å². The molecule has 1 saturated heterocycles. The molecule has 0 unspecified atom stereocenters. The van der Waals surface area contributed by atoms with Gasteiger partial charge in [0.2, 0.25) is 5.91 Å². The van der Waals surface area contributed by atoms with Gasteiger partial charge in [-0.15, -0.1) is 11.3 Å². The van der Waals surface area contributed by atoms with Gasteiger partial charge >= 0.3 is 0 Å². The largest absolute Gasteiger partial charge is 0.340 e. The lowest BCUT2D eigenvalue weighted by atomic mass is 10.1. The minimum absolute atomic E-state index is 0.132. The number of carbonyl (C=O) groups is 1. The van der Waals surface area contributed by atoms with Gasteiger partial charge in [0, 0.05) is 32.6 Å². The van der Waals surface area contributed by atoms with Gasteiger partial charge in [0.05, 0.1) is 10.6 Å². The molecule has 10 heteroatoms. The average Bonchev–Trinajstić information content (AvgIpc) is 3.33. The molecule has 0 saturated carbocycles. The standard InChI is InChI=1S/C21H22N2O5S3/c24-20(22-10-12-23(13-11-22)31(27,28)21-6-3-14-29-21)9-15-30(25,26)19-8-7-17-4-1-2-5-18(17)16-19/h1-8,14,16H,9-13,15H2. The third kappa shape index (κ3) is 4.67. The molecule has 2 heterocycles. The highest BCUT2D eigenvalue weighted by atomic mass is 32.2. The van der Waals surface area contributed by atoms with Crippen molar-refractivity contribution in [2.45, 2.75) is 15.5 Å². The van der Waals surface area contributed by atoms with Gasteiger partial charge in [0.25, 0.3) is 10.0 Å². The number of thiophene rings is 1. The van der Waals surface area contributed by atoms with Crippen molar-refractivity contribution >= 4 is 47.9 Å². The molecular formula is C21H22N2O5S3. The van der Waals surface area contributed by atoms with Gasteiger partial charge in [0.1, 0.15) is 4.21 Å². The number of piperazine rings is 1. The zero-order valence-corrected chi connectivity index (χ0v) is 19.1. The summed E-state index contributed by atoms with van der Waals surface area (Å²) >= 11 is 1.16. The number of hydrogen-bond donors (Lipinski definition) is 0. The smallest absolute Gasteiger partial charge is 0.252 e. The van der Waals surface area contributed by atoms with Gasteiger partial charge in [-0.2, -0.15) is 4.31 Å². The summed E-state index contributed by atoms with van der Waals surface area (Å²) in [5, 5.41) is 3.49. The SMILES string of the molecule is O=C(CCS(=O)(=O)c1ccc2ccccc2c1)N1CCN(S(=O)(=O)c2cccs2)CC1. The number of amides is 1. The Morgan fingerprint density at radius 2 is 1.58 bits per heavy atom. The van der Waals surface area contributed by atoms with Crippen molar-refractivity contribution in [3.63, 3.8) is 0 Å². The second-order valence-electron chi connectivity index (χ2n) is 7.29. The highest BCUT2D eigenvalue weighted by Gasteiger charge is 2.31. The molecule has 0 radical (unpaired) electrons. The van der Waals surface area contributed by atoms with Crippen molar-refractivity contribution in [3.8, 4) is 0 Å². The van der Waals surface area contributed by atoms with Crippen LogP contribution in [0.3, 0.4) is 0 Å². The molecular weight excluding hydrogens is 456 g/mol. The Labute approximate surface area is 185 Å². The number of sulfone groups is 1. The van der Waals surface area contributed by atoms with E-state index in [2.05, 4.69) is 0 Å². The molecule has 0 N–H and O–H groups in total. The van der Waals surface area contributed by atoms with Crippen LogP contribution < -0.4 is 0 Å². The van der Waals surface area contributed by atoms with E-state index in [9.17, 15) is 21.6 Å². The maximum Gasteiger partial charge on any atom is 0.252 e. The van der Waals surface area contributed by atoms with Crippen molar-refractivity contribution in [1.29, 1.82) is 0 Å². The first-order valence-electron chi connectivity index (χ1n) is 9.80. The van der Waals surface area contributed by atoms with Gasteiger partial charge < -0.3 is 4.90 Å². The summed E-state index contributed by atoms with van der Waals surface area (Å²) in [5.41, 5.74) is 0. The minimum atomic E-state index is -3.60. The Hall–Kier alpha value is -2.27. The van der Waals surface area contributed by atoms with Crippen LogP contribution in [-0.4, -0.2) is 63.9 Å². The molecule has 7 nitrogen and oxygen atoms in total. The van der Waals surface area contributed by atoms with Gasteiger partial charge in [0.15, 0.2) is 9.84 Å². The topological polar surface area (TPSA) is 91.8 Å². The summed E-state index contributed by atoms with van der Waals surface area (Å²) in [6, 6.07) is 15.7. The molecule has 1 amide bonds. The van der Waals surface area contributed by atoms with E-state index in [-0.39, 0.29) is 53.4 Å². The quantitative estimate of drug-likeness (QED) is 0.543. The second kappa shape index (κ2) is 8.70. The van der Waals surface area contributed by atoms with E-state index in [1.54, 1.807) is 35.7 Å². The van der Waals surface area contributed by atoms with Crippen LogP contribution in [0.4, 0.5) is 0 Å². The van der Waals surface area contributed by atoms with Crippen molar-refractivity contribution in [1.82, 2.24) is 9.21 Å². The fourth-order valence-corrected chi connectivity index (χ4v) is 7.40. The molecule has 164 valence electrons. The summed E-state index contributed by atoms with van der Waals surface area (Å²) in [6.07, 6.45) is -0.132. The first-order chi connectivity index (χ1) is 14.8. The summed E-state index contributed by atoms with van der Waals surface area (Å²) in [4.78, 5) is 14.3. The Balaban J connectivity index is 1.35. The normalized spacial score (nSPS) is 15.9. The van der Waals surface area contributed by atoms with Gasteiger partial charge in [-0.1, -0.05) is 36.4 Å². The van der Waals surface area contributed by atoms with E-state index in [1.165, 1.54) is 9.21 Å². The van der Waals surface area contributed by atoms with Crippen molar-refractivity contribution in [3.05, 3.63) is 60.0 Å². The predicted molar refractivity (Wildman–Crippen MR) is 120 cm³/mol. The molecule has 1 aliphatic heterocycles. The third-order valence-electron chi connectivity index (χ3n) is 5.35. The first-order valence-corrected chi connectivity index (χ1v) is 13.8. The number of benzene rings is 2. The van der Waals surface area contributed by atoms with E-state index in [1.807, 2.05) is 24.3 Å². The molecule has 0 aliphatic carbocycles. The summed E-state index contributed by atoms with van der Waals surface area (Å²) in [7, 11) is -7.14. The van der Waals surface area contributed by atoms with Crippen LogP contribution in [0.5, 0.6) is 0 Å². The Morgan fingerprint density at radius 1 is 0.871 bits per heavy atom. The van der Waals surface area contributed by atoms with Crippen molar-refractivity contribution in [2.75, 3.05) is 31.9 Å². The molecule has 0 bridgehead atoms. The second-order valence-corrected chi connectivity index (χ2v) is 12.5. The first kappa shape index (κ1) is 21.9. The Kier molecular flexibility index (Phi) is 6.16. The fourth-order valence-electron chi connectivity index (χ4n) is 3.57. The van der Waals surface area contributed by atoms with Gasteiger partial charge in [-0.3, -0.25) is 4.79 Å². The summed E-state index contributed by atoms with van der Waals surface area (Å²) in [6.45, 7) is 0.895. The maximum absolute atomic E-state index is 12.7. The van der Waals surface area contributed by atoms with Crippen molar-refractivity contribution < 1.29 is 21.6 Å². The minimum Gasteiger partial charge on any atom is -0.340 e. The van der Waals surface area contributed by atoms with Crippen LogP contribution in [0.2, 0.25) is 0 Å². The van der Waals surface area contributed by atoms with Crippen LogP contribution in [0.25, 0.3) is 10.8 Å². The summed E-state index contributed by atoms with van der Waals surface area (Å²) < 4.78 is 52.3. The Morgan fingerprint density at radius 3 is 2.26 bits per heavy atom. The number of carbonyl (C=O) groups excluding carboxylic acids is 1. The summed E-state index contributed by atoms with van der Waals surface area (Å²) in [5.74, 6) is -0.560. The molecule has 31 heavy (non-hydrogen) atoms. The fraction of sp³-hybridized carbons (Fsp3) is 0.286. The number of nitrogens with zero attached hydrogens (tertiary/aromatic N) is 2. The van der Waals surface area contributed by atoms with Gasteiger partial charge in [-0.05, 0) is 34.4 Å². The highest BCUT2D eigenvalue weighted by molar-refractivity contribution is 7.91. The lowest BCUT2D eigenvalue weighted by Crippen LogP contribution is -2.50. The van der Waals surface area contributed by atoms with Crippen LogP contribution in [0.15, 0.2) is 69.1 Å². The number of hydrogen-bond acceptors (Lipinski definition) is 6. The van der Waals surface area contributed by atoms with E-state index < -0.39 is 19.9 Å². The Bertz CT molecular complexity index is 1290. The number of fused-ring (bicyclic) bond motifs is 1. The zero-order chi connectivity index (χ0) is 22.1. The molecule has 1 fully saturated rings. The lowest BCUT2D eigenvalue weighted by Gasteiger charge is -2.33.